The number of nitrogen functional groups attached to an aromatic ring is 1. The third-order valence-corrected chi connectivity index (χ3v) is 3.34. The monoisotopic (exact) mass is 288 g/mol. The molecular formula is C16H17FN2O2. The summed E-state index contributed by atoms with van der Waals surface area (Å²) in [6.07, 6.45) is 0.772. The van der Waals surface area contributed by atoms with Gasteiger partial charge in [0.15, 0.2) is 0 Å². The molecule has 4 N–H and O–H groups in total. The van der Waals surface area contributed by atoms with E-state index in [4.69, 9.17) is 10.8 Å². The summed E-state index contributed by atoms with van der Waals surface area (Å²) < 4.78 is 13.6. The molecule has 0 unspecified atom stereocenters. The fraction of sp³-hybridized carbons (Fsp3) is 0.188. The smallest absolute Gasteiger partial charge is 0.338 e. The Morgan fingerprint density at radius 2 is 2.05 bits per heavy atom. The van der Waals surface area contributed by atoms with E-state index >= 15 is 0 Å². The molecule has 0 bridgehead atoms. The Kier molecular flexibility index (Phi) is 4.42. The van der Waals surface area contributed by atoms with Gasteiger partial charge in [-0.3, -0.25) is 0 Å². The summed E-state index contributed by atoms with van der Waals surface area (Å²) in [6.45, 7) is 2.62. The maximum Gasteiger partial charge on any atom is 0.338 e. The molecule has 0 fully saturated rings. The SMILES string of the molecule is Cc1ccccc1CCNc1cc(F)c(C(=O)O)cc1N. The van der Waals surface area contributed by atoms with E-state index < -0.39 is 17.3 Å². The first-order chi connectivity index (χ1) is 9.99. The number of benzene rings is 2. The number of aromatic carboxylic acids is 1. The van der Waals surface area contributed by atoms with E-state index in [0.717, 1.165) is 18.6 Å². The van der Waals surface area contributed by atoms with Crippen LogP contribution in [0.1, 0.15) is 21.5 Å². The van der Waals surface area contributed by atoms with E-state index in [1.807, 2.05) is 31.2 Å². The molecule has 0 heterocycles. The molecule has 0 atom stereocenters. The summed E-state index contributed by atoms with van der Waals surface area (Å²) in [5, 5.41) is 11.9. The first kappa shape index (κ1) is 14.8. The zero-order valence-electron chi connectivity index (χ0n) is 11.7. The fourth-order valence-electron chi connectivity index (χ4n) is 2.13. The Bertz CT molecular complexity index is 671. The minimum Gasteiger partial charge on any atom is -0.478 e. The number of rotatable bonds is 5. The van der Waals surface area contributed by atoms with Gasteiger partial charge in [0, 0.05) is 6.54 Å². The van der Waals surface area contributed by atoms with Crippen LogP contribution in [0.15, 0.2) is 36.4 Å². The molecule has 110 valence electrons. The van der Waals surface area contributed by atoms with Crippen molar-refractivity contribution in [2.75, 3.05) is 17.6 Å². The average molecular weight is 288 g/mol. The highest BCUT2D eigenvalue weighted by molar-refractivity contribution is 5.90. The van der Waals surface area contributed by atoms with Gasteiger partial charge < -0.3 is 16.2 Å². The molecule has 5 heteroatoms. The largest absolute Gasteiger partial charge is 0.478 e. The normalized spacial score (nSPS) is 10.4. The van der Waals surface area contributed by atoms with Crippen molar-refractivity contribution in [2.24, 2.45) is 0 Å². The van der Waals surface area contributed by atoms with Crippen molar-refractivity contribution in [1.82, 2.24) is 0 Å². The van der Waals surface area contributed by atoms with E-state index in [2.05, 4.69) is 5.32 Å². The van der Waals surface area contributed by atoms with Gasteiger partial charge in [0.1, 0.15) is 5.82 Å². The minimum atomic E-state index is -1.33. The van der Waals surface area contributed by atoms with E-state index in [0.29, 0.717) is 12.2 Å². The number of anilines is 2. The Hall–Kier alpha value is -2.56. The molecule has 0 aliphatic carbocycles. The summed E-state index contributed by atoms with van der Waals surface area (Å²) in [5.41, 5.74) is 8.35. The molecule has 0 saturated carbocycles. The Balaban J connectivity index is 2.06. The summed E-state index contributed by atoms with van der Waals surface area (Å²) in [7, 11) is 0. The van der Waals surface area contributed by atoms with Gasteiger partial charge in [0.05, 0.1) is 16.9 Å². The number of carboxylic acids is 1. The van der Waals surface area contributed by atoms with Crippen LogP contribution in [0.25, 0.3) is 0 Å². The molecular weight excluding hydrogens is 271 g/mol. The zero-order valence-corrected chi connectivity index (χ0v) is 11.7. The number of hydrogen-bond acceptors (Lipinski definition) is 3. The van der Waals surface area contributed by atoms with E-state index in [1.165, 1.54) is 11.1 Å². The topological polar surface area (TPSA) is 75.3 Å². The lowest BCUT2D eigenvalue weighted by Crippen LogP contribution is -2.10. The van der Waals surface area contributed by atoms with Gasteiger partial charge in [-0.2, -0.15) is 0 Å². The molecule has 0 aromatic heterocycles. The lowest BCUT2D eigenvalue weighted by atomic mass is 10.1. The molecule has 0 spiro atoms. The molecule has 2 aromatic carbocycles. The highest BCUT2D eigenvalue weighted by Gasteiger charge is 2.13. The number of carbonyl (C=O) groups is 1. The summed E-state index contributed by atoms with van der Waals surface area (Å²) in [4.78, 5) is 10.8. The standard InChI is InChI=1S/C16H17FN2O2/c1-10-4-2-3-5-11(10)6-7-19-15-9-13(17)12(16(20)21)8-14(15)18/h2-5,8-9,19H,6-7,18H2,1H3,(H,20,21). The van der Waals surface area contributed by atoms with Crippen LogP contribution in [0.4, 0.5) is 15.8 Å². The van der Waals surface area contributed by atoms with Crippen molar-refractivity contribution in [2.45, 2.75) is 13.3 Å². The number of aryl methyl sites for hydroxylation is 1. The summed E-state index contributed by atoms with van der Waals surface area (Å²) in [5.74, 6) is -2.12. The van der Waals surface area contributed by atoms with E-state index in [9.17, 15) is 9.18 Å². The van der Waals surface area contributed by atoms with E-state index in [1.54, 1.807) is 0 Å². The number of hydrogen-bond donors (Lipinski definition) is 3. The third-order valence-electron chi connectivity index (χ3n) is 3.34. The van der Waals surface area contributed by atoms with Gasteiger partial charge in [-0.15, -0.1) is 0 Å². The molecule has 0 aliphatic rings. The average Bonchev–Trinajstić information content (AvgIpc) is 2.44. The third kappa shape index (κ3) is 3.51. The number of carboxylic acid groups (broad SMARTS) is 1. The first-order valence-corrected chi connectivity index (χ1v) is 6.59. The quantitative estimate of drug-likeness (QED) is 0.739. The second kappa shape index (κ2) is 6.26. The second-order valence-electron chi connectivity index (χ2n) is 4.83. The van der Waals surface area contributed by atoms with E-state index in [-0.39, 0.29) is 5.69 Å². The van der Waals surface area contributed by atoms with Crippen LogP contribution in [0, 0.1) is 12.7 Å². The van der Waals surface area contributed by atoms with Gasteiger partial charge in [-0.1, -0.05) is 24.3 Å². The predicted molar refractivity (Wildman–Crippen MR) is 81.1 cm³/mol. The highest BCUT2D eigenvalue weighted by Crippen LogP contribution is 2.23. The molecule has 4 nitrogen and oxygen atoms in total. The van der Waals surface area contributed by atoms with Crippen LogP contribution < -0.4 is 11.1 Å². The zero-order chi connectivity index (χ0) is 15.4. The van der Waals surface area contributed by atoms with Crippen LogP contribution in [0.2, 0.25) is 0 Å². The number of halogens is 1. The predicted octanol–water partition coefficient (Wildman–Crippen LogP) is 3.07. The fourth-order valence-corrected chi connectivity index (χ4v) is 2.13. The van der Waals surface area contributed by atoms with Crippen LogP contribution in [0.5, 0.6) is 0 Å². The highest BCUT2D eigenvalue weighted by atomic mass is 19.1. The van der Waals surface area contributed by atoms with Crippen molar-refractivity contribution < 1.29 is 14.3 Å². The van der Waals surface area contributed by atoms with Crippen LogP contribution >= 0.6 is 0 Å². The minimum absolute atomic E-state index is 0.221. The molecule has 2 aromatic rings. The molecule has 0 amide bonds. The Morgan fingerprint density at radius 1 is 1.33 bits per heavy atom. The molecule has 0 radical (unpaired) electrons. The van der Waals surface area contributed by atoms with Crippen molar-refractivity contribution in [3.63, 3.8) is 0 Å². The molecule has 2 rings (SSSR count). The maximum absolute atomic E-state index is 13.6. The Morgan fingerprint density at radius 3 is 2.71 bits per heavy atom. The maximum atomic E-state index is 13.6. The van der Waals surface area contributed by atoms with Gasteiger partial charge in [0.2, 0.25) is 0 Å². The Labute approximate surface area is 122 Å². The molecule has 0 aliphatic heterocycles. The molecule has 21 heavy (non-hydrogen) atoms. The summed E-state index contributed by atoms with van der Waals surface area (Å²) in [6, 6.07) is 10.3. The lowest BCUT2D eigenvalue weighted by Gasteiger charge is -2.11. The lowest BCUT2D eigenvalue weighted by molar-refractivity contribution is 0.0692. The second-order valence-corrected chi connectivity index (χ2v) is 4.83. The van der Waals surface area contributed by atoms with Crippen molar-refractivity contribution >= 4 is 17.3 Å². The molecule has 0 saturated heterocycles. The van der Waals surface area contributed by atoms with Crippen molar-refractivity contribution in [3.8, 4) is 0 Å². The van der Waals surface area contributed by atoms with Crippen LogP contribution in [-0.2, 0) is 6.42 Å². The number of nitrogens with one attached hydrogen (secondary N) is 1. The van der Waals surface area contributed by atoms with Gasteiger partial charge in [0.25, 0.3) is 0 Å². The van der Waals surface area contributed by atoms with Crippen molar-refractivity contribution in [1.29, 1.82) is 0 Å². The summed E-state index contributed by atoms with van der Waals surface area (Å²) >= 11 is 0. The van der Waals surface area contributed by atoms with Gasteiger partial charge >= 0.3 is 5.97 Å². The van der Waals surface area contributed by atoms with Crippen LogP contribution in [0.3, 0.4) is 0 Å². The van der Waals surface area contributed by atoms with Gasteiger partial charge in [-0.25, -0.2) is 9.18 Å². The van der Waals surface area contributed by atoms with Crippen LogP contribution in [-0.4, -0.2) is 17.6 Å². The van der Waals surface area contributed by atoms with Crippen molar-refractivity contribution in [3.05, 3.63) is 58.9 Å². The first-order valence-electron chi connectivity index (χ1n) is 6.59. The number of nitrogens with two attached hydrogens (primary N) is 1. The van der Waals surface area contributed by atoms with Gasteiger partial charge in [-0.05, 0) is 36.6 Å².